The summed E-state index contributed by atoms with van der Waals surface area (Å²) in [6.45, 7) is 3.38. The molecule has 0 aromatic rings. The maximum absolute atomic E-state index is 12.7. The molecule has 0 bridgehead atoms. The van der Waals surface area contributed by atoms with Gasteiger partial charge in [0.1, 0.15) is 12.2 Å². The molecule has 0 aliphatic carbocycles. The van der Waals surface area contributed by atoms with Crippen LogP contribution in [0.15, 0.2) is 72.9 Å². The Hall–Kier alpha value is -2.10. The summed E-state index contributed by atoms with van der Waals surface area (Å²) in [6, 6.07) is 0. The Morgan fingerprint density at radius 2 is 0.905 bits per heavy atom. The predicted molar refractivity (Wildman–Crippen MR) is 265 cm³/mol. The van der Waals surface area contributed by atoms with Crippen molar-refractivity contribution in [1.29, 1.82) is 0 Å². The van der Waals surface area contributed by atoms with Crippen LogP contribution in [0.4, 0.5) is 0 Å². The highest BCUT2D eigenvalue weighted by Crippen LogP contribution is 2.43. The van der Waals surface area contributed by atoms with Gasteiger partial charge in [0.25, 0.3) is 0 Å². The van der Waals surface area contributed by atoms with E-state index in [2.05, 4.69) is 86.8 Å². The number of hydrogen-bond acceptors (Lipinski definition) is 8. The van der Waals surface area contributed by atoms with Gasteiger partial charge in [-0.15, -0.1) is 0 Å². The van der Waals surface area contributed by atoms with E-state index < -0.39 is 39.2 Å². The lowest BCUT2D eigenvalue weighted by atomic mass is 10.1. The number of aliphatic hydroxyl groups excluding tert-OH is 2. The summed E-state index contributed by atoms with van der Waals surface area (Å²) in [5.74, 6) is -0.392. The summed E-state index contributed by atoms with van der Waals surface area (Å²) in [4.78, 5) is 22.7. The Balaban J connectivity index is 4.09. The van der Waals surface area contributed by atoms with E-state index in [4.69, 9.17) is 23.6 Å². The van der Waals surface area contributed by atoms with E-state index in [1.165, 1.54) is 109 Å². The molecule has 0 saturated carbocycles. The topological polar surface area (TPSA) is 132 Å². The first kappa shape index (κ1) is 60.9. The minimum atomic E-state index is -4.53. The van der Waals surface area contributed by atoms with Crippen molar-refractivity contribution in [3.8, 4) is 0 Å². The van der Waals surface area contributed by atoms with Crippen LogP contribution < -0.4 is 0 Å². The summed E-state index contributed by atoms with van der Waals surface area (Å²) in [5.41, 5.74) is 0. The van der Waals surface area contributed by atoms with Gasteiger partial charge < -0.3 is 24.6 Å². The average Bonchev–Trinajstić information content (AvgIpc) is 3.28. The Labute approximate surface area is 386 Å². The lowest BCUT2D eigenvalue weighted by Gasteiger charge is -2.20. The number of esters is 1. The standard InChI is InChI=1S/C53H95O9P/c1-3-5-7-9-11-13-15-17-19-21-23-24-25-26-27-28-30-32-34-36-38-40-42-44-46-59-49-52(50-61-63(57,58)60-48-51(55)47-54)62-53(56)45-43-41-39-37-35-33-31-29-22-20-18-16-14-12-10-8-6-4-2/h5,7,11,13-14,16-17,19-20,22-24,51-52,54-55H,3-4,6,8-10,12,15,18,21,25-50H2,1-2H3,(H,57,58)/b7-5-,13-11-,16-14-,19-17-,22-20-,24-23-. The van der Waals surface area contributed by atoms with Crippen molar-refractivity contribution < 1.29 is 43.0 Å². The first-order valence-corrected chi connectivity index (χ1v) is 26.9. The van der Waals surface area contributed by atoms with Gasteiger partial charge in [-0.05, 0) is 83.5 Å². The van der Waals surface area contributed by atoms with Gasteiger partial charge in [0.05, 0.1) is 26.4 Å². The molecule has 0 aromatic carbocycles. The zero-order valence-electron chi connectivity index (χ0n) is 40.3. The number of carbonyl (C=O) groups excluding carboxylic acids is 1. The van der Waals surface area contributed by atoms with Gasteiger partial charge in [-0.2, -0.15) is 0 Å². The van der Waals surface area contributed by atoms with Crippen molar-refractivity contribution in [3.05, 3.63) is 72.9 Å². The molecule has 0 aromatic heterocycles. The molecule has 9 nitrogen and oxygen atoms in total. The number of carbonyl (C=O) groups is 1. The first-order valence-electron chi connectivity index (χ1n) is 25.4. The fourth-order valence-corrected chi connectivity index (χ4v) is 7.58. The zero-order chi connectivity index (χ0) is 46.0. The van der Waals surface area contributed by atoms with Crippen LogP contribution in [-0.4, -0.2) is 66.3 Å². The minimum Gasteiger partial charge on any atom is -0.457 e. The molecule has 0 rings (SSSR count). The molecule has 3 N–H and O–H groups in total. The number of allylic oxidation sites excluding steroid dienone is 12. The fourth-order valence-electron chi connectivity index (χ4n) is 6.79. The quantitative estimate of drug-likeness (QED) is 0.0236. The SMILES string of the molecule is CC/C=C\C/C=C\C/C=C\C/C=C\CCCCCCCCCCCCCOCC(COP(=O)(O)OCC(O)CO)OC(=O)CCCCCCCCC/C=C\C/C=C\CCCCCC. The molecule has 0 radical (unpaired) electrons. The summed E-state index contributed by atoms with van der Waals surface area (Å²) in [7, 11) is -4.53. The smallest absolute Gasteiger partial charge is 0.457 e. The third-order valence-electron chi connectivity index (χ3n) is 10.6. The highest BCUT2D eigenvalue weighted by molar-refractivity contribution is 7.47. The maximum Gasteiger partial charge on any atom is 0.472 e. The molecule has 0 spiro atoms. The Kier molecular flexibility index (Phi) is 47.7. The second kappa shape index (κ2) is 49.3. The van der Waals surface area contributed by atoms with Gasteiger partial charge in [0.15, 0.2) is 0 Å². The summed E-state index contributed by atoms with van der Waals surface area (Å²) in [5, 5.41) is 18.4. The first-order chi connectivity index (χ1) is 30.8. The van der Waals surface area contributed by atoms with E-state index in [1.54, 1.807) is 0 Å². The normalized spacial score (nSPS) is 14.4. The third kappa shape index (κ3) is 49.2. The molecule has 0 saturated heterocycles. The predicted octanol–water partition coefficient (Wildman–Crippen LogP) is 14.9. The van der Waals surface area contributed by atoms with Crippen LogP contribution in [0.5, 0.6) is 0 Å². The lowest BCUT2D eigenvalue weighted by Crippen LogP contribution is -2.29. The van der Waals surface area contributed by atoms with Crippen LogP contribution in [-0.2, 0) is 27.9 Å². The van der Waals surface area contributed by atoms with E-state index in [0.717, 1.165) is 83.5 Å². The highest BCUT2D eigenvalue weighted by atomic mass is 31.2. The van der Waals surface area contributed by atoms with Gasteiger partial charge >= 0.3 is 13.8 Å². The summed E-state index contributed by atoms with van der Waals surface area (Å²) in [6.07, 6.45) is 60.1. The molecule has 0 fully saturated rings. The number of unbranched alkanes of at least 4 members (excludes halogenated alkanes) is 22. The maximum atomic E-state index is 12.7. The van der Waals surface area contributed by atoms with Gasteiger partial charge in [-0.25, -0.2) is 4.57 Å². The highest BCUT2D eigenvalue weighted by Gasteiger charge is 2.26. The van der Waals surface area contributed by atoms with E-state index >= 15 is 0 Å². The fraction of sp³-hybridized carbons (Fsp3) is 0.755. The van der Waals surface area contributed by atoms with Crippen molar-refractivity contribution in [2.75, 3.05) is 33.0 Å². The molecule has 10 heteroatoms. The van der Waals surface area contributed by atoms with E-state index in [9.17, 15) is 19.4 Å². The van der Waals surface area contributed by atoms with Crippen LogP contribution in [0.2, 0.25) is 0 Å². The van der Waals surface area contributed by atoms with Gasteiger partial charge in [0, 0.05) is 13.0 Å². The number of phosphoric acid groups is 1. The van der Waals surface area contributed by atoms with Crippen LogP contribution in [0.1, 0.15) is 213 Å². The summed E-state index contributed by atoms with van der Waals surface area (Å²) >= 11 is 0. The molecule has 3 unspecified atom stereocenters. The molecular weight excluding hydrogens is 812 g/mol. The zero-order valence-corrected chi connectivity index (χ0v) is 41.2. The van der Waals surface area contributed by atoms with Crippen LogP contribution in [0.25, 0.3) is 0 Å². The van der Waals surface area contributed by atoms with Crippen LogP contribution in [0, 0.1) is 0 Å². The van der Waals surface area contributed by atoms with Gasteiger partial charge in [-0.1, -0.05) is 196 Å². The Morgan fingerprint density at radius 1 is 0.508 bits per heavy atom. The van der Waals surface area contributed by atoms with Crippen molar-refractivity contribution >= 4 is 13.8 Å². The molecule has 0 amide bonds. The minimum absolute atomic E-state index is 0.0411. The van der Waals surface area contributed by atoms with Gasteiger partial charge in [-0.3, -0.25) is 13.8 Å². The van der Waals surface area contributed by atoms with Crippen LogP contribution >= 0.6 is 7.82 Å². The average molecular weight is 907 g/mol. The molecule has 63 heavy (non-hydrogen) atoms. The Bertz CT molecular complexity index is 1210. The van der Waals surface area contributed by atoms with Crippen molar-refractivity contribution in [2.24, 2.45) is 0 Å². The monoisotopic (exact) mass is 907 g/mol. The second-order valence-electron chi connectivity index (χ2n) is 16.8. The number of hydrogen-bond donors (Lipinski definition) is 3. The largest absolute Gasteiger partial charge is 0.472 e. The number of aliphatic hydroxyl groups is 2. The van der Waals surface area contributed by atoms with E-state index in [0.29, 0.717) is 6.61 Å². The lowest BCUT2D eigenvalue weighted by molar-refractivity contribution is -0.154. The number of phosphoric ester groups is 1. The number of rotatable bonds is 48. The molecule has 366 valence electrons. The summed E-state index contributed by atoms with van der Waals surface area (Å²) < 4.78 is 33.5. The molecule has 0 heterocycles. The van der Waals surface area contributed by atoms with E-state index in [-0.39, 0.29) is 19.6 Å². The van der Waals surface area contributed by atoms with E-state index in [1.807, 2.05) is 0 Å². The second-order valence-corrected chi connectivity index (χ2v) is 18.3. The molecule has 0 aliphatic rings. The number of ether oxygens (including phenoxy) is 2. The molecular formula is C53H95O9P. The molecule has 3 atom stereocenters. The van der Waals surface area contributed by atoms with Crippen molar-refractivity contribution in [3.63, 3.8) is 0 Å². The van der Waals surface area contributed by atoms with Gasteiger partial charge in [0.2, 0.25) is 0 Å². The van der Waals surface area contributed by atoms with Crippen LogP contribution in [0.3, 0.4) is 0 Å². The van der Waals surface area contributed by atoms with Crippen molar-refractivity contribution in [2.45, 2.75) is 225 Å². The third-order valence-corrected chi connectivity index (χ3v) is 11.6. The Morgan fingerprint density at radius 3 is 1.37 bits per heavy atom. The van der Waals surface area contributed by atoms with Crippen molar-refractivity contribution in [1.82, 2.24) is 0 Å². The molecule has 0 aliphatic heterocycles.